The number of oxazole rings is 1. The largest absolute Gasteiger partial charge is 0.464 e. The van der Waals surface area contributed by atoms with Crippen molar-refractivity contribution in [1.82, 2.24) is 10.1 Å². The minimum Gasteiger partial charge on any atom is -0.464 e. The zero-order chi connectivity index (χ0) is 15.4. The molecule has 0 aromatic carbocycles. The fraction of sp³-hybridized carbons (Fsp3) is 0.333. The van der Waals surface area contributed by atoms with Crippen molar-refractivity contribution in [3.05, 3.63) is 23.3 Å². The highest BCUT2D eigenvalue weighted by molar-refractivity contribution is 6.00. The summed E-state index contributed by atoms with van der Waals surface area (Å²) < 4.78 is 24.1. The Labute approximate surface area is 118 Å². The van der Waals surface area contributed by atoms with Gasteiger partial charge >= 0.3 is 11.9 Å². The van der Waals surface area contributed by atoms with E-state index in [9.17, 15) is 9.59 Å². The Morgan fingerprint density at radius 2 is 1.90 bits per heavy atom. The van der Waals surface area contributed by atoms with Gasteiger partial charge in [0, 0.05) is 13.2 Å². The molecule has 0 aliphatic heterocycles. The van der Waals surface area contributed by atoms with E-state index in [4.69, 9.17) is 13.7 Å². The normalized spacial score (nSPS) is 10.4. The van der Waals surface area contributed by atoms with Crippen LogP contribution < -0.4 is 0 Å². The number of hydrogen-bond acceptors (Lipinski definition) is 9. The second kappa shape index (κ2) is 6.18. The highest BCUT2D eigenvalue weighted by Gasteiger charge is 2.28. The minimum atomic E-state index is -0.852. The van der Waals surface area contributed by atoms with Gasteiger partial charge in [0.15, 0.2) is 11.5 Å². The van der Waals surface area contributed by atoms with E-state index in [0.717, 1.165) is 14.2 Å². The van der Waals surface area contributed by atoms with Gasteiger partial charge in [0.2, 0.25) is 17.3 Å². The quantitative estimate of drug-likeness (QED) is 0.746. The molecule has 9 heteroatoms. The average molecular weight is 296 g/mol. The summed E-state index contributed by atoms with van der Waals surface area (Å²) in [6, 6.07) is 1.51. The van der Waals surface area contributed by atoms with Gasteiger partial charge < -0.3 is 23.2 Å². The van der Waals surface area contributed by atoms with Gasteiger partial charge in [-0.05, 0) is 0 Å². The molecule has 2 heterocycles. The Morgan fingerprint density at radius 1 is 1.19 bits per heavy atom. The summed E-state index contributed by atoms with van der Waals surface area (Å²) in [5.41, 5.74) is -0.0852. The summed E-state index contributed by atoms with van der Waals surface area (Å²) in [5.74, 6) is -1.68. The molecule has 0 saturated carbocycles. The maximum atomic E-state index is 11.6. The lowest BCUT2D eigenvalue weighted by Crippen LogP contribution is -2.10. The van der Waals surface area contributed by atoms with Crippen LogP contribution in [0, 0.1) is 0 Å². The smallest absolute Gasteiger partial charge is 0.376 e. The number of ether oxygens (including phenoxy) is 3. The summed E-state index contributed by atoms with van der Waals surface area (Å²) in [6.07, 6.45) is 0. The van der Waals surface area contributed by atoms with E-state index < -0.39 is 11.9 Å². The SMILES string of the molecule is COCc1cc(-c2nc(C(=O)OC)c(C(=O)OC)o2)no1. The van der Waals surface area contributed by atoms with Crippen molar-refractivity contribution < 1.29 is 32.7 Å². The number of aromatic nitrogens is 2. The molecule has 0 fully saturated rings. The van der Waals surface area contributed by atoms with Gasteiger partial charge in [-0.1, -0.05) is 5.16 Å². The number of methoxy groups -OCH3 is 3. The standard InChI is InChI=1S/C12H12N2O7/c1-17-5-6-4-7(14-21-6)10-13-8(11(15)18-2)9(20-10)12(16)19-3/h4H,5H2,1-3H3. The Kier molecular flexibility index (Phi) is 4.33. The summed E-state index contributed by atoms with van der Waals surface area (Å²) in [4.78, 5) is 27.1. The van der Waals surface area contributed by atoms with E-state index in [1.54, 1.807) is 0 Å². The predicted octanol–water partition coefficient (Wildman–Crippen LogP) is 1.05. The third-order valence-corrected chi connectivity index (χ3v) is 2.44. The van der Waals surface area contributed by atoms with Crippen molar-refractivity contribution >= 4 is 11.9 Å². The lowest BCUT2D eigenvalue weighted by Gasteiger charge is -1.96. The van der Waals surface area contributed by atoms with E-state index in [1.165, 1.54) is 13.2 Å². The number of carbonyl (C=O) groups is 2. The Balaban J connectivity index is 2.42. The van der Waals surface area contributed by atoms with Crippen molar-refractivity contribution in [2.24, 2.45) is 0 Å². The van der Waals surface area contributed by atoms with Crippen LogP contribution >= 0.6 is 0 Å². The molecule has 2 rings (SSSR count). The van der Waals surface area contributed by atoms with Crippen molar-refractivity contribution in [3.8, 4) is 11.6 Å². The Hall–Kier alpha value is -2.68. The second-order valence-corrected chi connectivity index (χ2v) is 3.79. The average Bonchev–Trinajstić information content (AvgIpc) is 3.12. The van der Waals surface area contributed by atoms with Gasteiger partial charge in [-0.25, -0.2) is 9.59 Å². The first kappa shape index (κ1) is 14.7. The van der Waals surface area contributed by atoms with Crippen LogP contribution in [0.25, 0.3) is 11.6 Å². The molecule has 2 aromatic rings. The monoisotopic (exact) mass is 296 g/mol. The number of esters is 2. The van der Waals surface area contributed by atoms with Crippen molar-refractivity contribution in [2.75, 3.05) is 21.3 Å². The van der Waals surface area contributed by atoms with Gasteiger partial charge in [0.25, 0.3) is 0 Å². The molecule has 0 aliphatic rings. The number of hydrogen-bond donors (Lipinski definition) is 0. The van der Waals surface area contributed by atoms with E-state index in [2.05, 4.69) is 19.6 Å². The first-order valence-electron chi connectivity index (χ1n) is 5.73. The topological polar surface area (TPSA) is 114 Å². The molecule has 0 N–H and O–H groups in total. The van der Waals surface area contributed by atoms with Crippen LogP contribution in [0.2, 0.25) is 0 Å². The van der Waals surface area contributed by atoms with E-state index in [1.807, 2.05) is 0 Å². The van der Waals surface area contributed by atoms with E-state index in [0.29, 0.717) is 5.76 Å². The summed E-state index contributed by atoms with van der Waals surface area (Å²) in [5, 5.41) is 3.71. The third kappa shape index (κ3) is 2.92. The molecular weight excluding hydrogens is 284 g/mol. The van der Waals surface area contributed by atoms with Crippen LogP contribution in [0.4, 0.5) is 0 Å². The molecule has 0 atom stereocenters. The van der Waals surface area contributed by atoms with Crippen LogP contribution in [-0.2, 0) is 20.8 Å². The van der Waals surface area contributed by atoms with Gasteiger partial charge in [0.05, 0.1) is 14.2 Å². The lowest BCUT2D eigenvalue weighted by molar-refractivity contribution is 0.0527. The molecule has 0 amide bonds. The van der Waals surface area contributed by atoms with E-state index >= 15 is 0 Å². The number of rotatable bonds is 5. The Bertz CT molecular complexity index is 625. The zero-order valence-electron chi connectivity index (χ0n) is 11.5. The van der Waals surface area contributed by atoms with Crippen LogP contribution in [-0.4, -0.2) is 43.4 Å². The lowest BCUT2D eigenvalue weighted by atomic mass is 10.3. The van der Waals surface area contributed by atoms with E-state index in [-0.39, 0.29) is 29.6 Å². The third-order valence-electron chi connectivity index (χ3n) is 2.44. The molecule has 0 spiro atoms. The van der Waals surface area contributed by atoms with Crippen molar-refractivity contribution in [1.29, 1.82) is 0 Å². The maximum Gasteiger partial charge on any atom is 0.376 e. The highest BCUT2D eigenvalue weighted by Crippen LogP contribution is 2.23. The maximum absolute atomic E-state index is 11.6. The fourth-order valence-electron chi connectivity index (χ4n) is 1.52. The second-order valence-electron chi connectivity index (χ2n) is 3.79. The first-order chi connectivity index (χ1) is 10.1. The van der Waals surface area contributed by atoms with Crippen molar-refractivity contribution in [3.63, 3.8) is 0 Å². The predicted molar refractivity (Wildman–Crippen MR) is 65.4 cm³/mol. The van der Waals surface area contributed by atoms with Gasteiger partial charge in [0.1, 0.15) is 6.61 Å². The molecule has 0 saturated heterocycles. The number of nitrogens with zero attached hydrogens (tertiary/aromatic N) is 2. The first-order valence-corrected chi connectivity index (χ1v) is 5.73. The molecule has 0 aliphatic carbocycles. The van der Waals surface area contributed by atoms with Gasteiger partial charge in [-0.15, -0.1) is 0 Å². The van der Waals surface area contributed by atoms with Crippen LogP contribution in [0.1, 0.15) is 26.8 Å². The molecule has 0 unspecified atom stereocenters. The molecule has 0 bridgehead atoms. The fourth-order valence-corrected chi connectivity index (χ4v) is 1.52. The van der Waals surface area contributed by atoms with Crippen LogP contribution in [0.15, 0.2) is 15.0 Å². The zero-order valence-corrected chi connectivity index (χ0v) is 11.5. The minimum absolute atomic E-state index is 0.0677. The van der Waals surface area contributed by atoms with Crippen LogP contribution in [0.3, 0.4) is 0 Å². The molecule has 2 aromatic heterocycles. The number of carbonyl (C=O) groups excluding carboxylic acids is 2. The summed E-state index contributed by atoms with van der Waals surface area (Å²) in [7, 11) is 3.81. The van der Waals surface area contributed by atoms with Crippen molar-refractivity contribution in [2.45, 2.75) is 6.61 Å². The molecular formula is C12H12N2O7. The highest BCUT2D eigenvalue weighted by atomic mass is 16.5. The molecule has 9 nitrogen and oxygen atoms in total. The summed E-state index contributed by atoms with van der Waals surface area (Å²) >= 11 is 0. The molecule has 0 radical (unpaired) electrons. The summed E-state index contributed by atoms with van der Waals surface area (Å²) in [6.45, 7) is 0.210. The van der Waals surface area contributed by atoms with Crippen LogP contribution in [0.5, 0.6) is 0 Å². The van der Waals surface area contributed by atoms with Gasteiger partial charge in [-0.3, -0.25) is 0 Å². The molecule has 112 valence electrons. The molecule has 21 heavy (non-hydrogen) atoms. The Morgan fingerprint density at radius 3 is 2.52 bits per heavy atom. The van der Waals surface area contributed by atoms with Gasteiger partial charge in [-0.2, -0.15) is 4.98 Å².